The third-order valence-electron chi connectivity index (χ3n) is 2.81. The van der Waals surface area contributed by atoms with Crippen molar-refractivity contribution in [1.29, 1.82) is 0 Å². The van der Waals surface area contributed by atoms with E-state index in [2.05, 4.69) is 35.0 Å². The highest BCUT2D eigenvalue weighted by Crippen LogP contribution is 1.97. The summed E-state index contributed by atoms with van der Waals surface area (Å²) in [5, 5.41) is 9.28. The lowest BCUT2D eigenvalue weighted by atomic mass is 10.2. The van der Waals surface area contributed by atoms with E-state index < -0.39 is 0 Å². The van der Waals surface area contributed by atoms with E-state index in [0.29, 0.717) is 0 Å². The third-order valence-corrected chi connectivity index (χ3v) is 2.81. The molecule has 5 nitrogen and oxygen atoms in total. The molecule has 3 N–H and O–H groups in total. The van der Waals surface area contributed by atoms with Crippen LogP contribution in [0.5, 0.6) is 0 Å². The summed E-state index contributed by atoms with van der Waals surface area (Å²) in [5.41, 5.74) is 2.91. The molecule has 0 rings (SSSR count). The van der Waals surface area contributed by atoms with Crippen LogP contribution in [0.25, 0.3) is 0 Å². The molecule has 0 fully saturated rings. The average Bonchev–Trinajstić information content (AvgIpc) is 2.41. The van der Waals surface area contributed by atoms with Gasteiger partial charge in [0.25, 0.3) is 0 Å². The fourth-order valence-corrected chi connectivity index (χ4v) is 1.64. The minimum absolute atomic E-state index is 0.187. The smallest absolute Gasteiger partial charge is 0.319 e. The van der Waals surface area contributed by atoms with Crippen LogP contribution in [-0.4, -0.2) is 25.5 Å². The highest BCUT2D eigenvalue weighted by atomic mass is 16.2. The van der Waals surface area contributed by atoms with Gasteiger partial charge in [-0.05, 0) is 12.8 Å². The molecule has 0 radical (unpaired) electrons. The molecule has 0 unspecified atom stereocenters. The Morgan fingerprint density at radius 3 is 2.21 bits per heavy atom. The highest BCUT2D eigenvalue weighted by Gasteiger charge is 1.95. The minimum Gasteiger partial charge on any atom is -0.338 e. The standard InChI is InChI=1S/C14H30N4O/c1-3-5-7-9-11-15-14(19)16-13-18-17-12-10-8-6-4-2/h13,17H,3-12H2,1-2H3,(H2,15,16,18,19). The Balaban J connectivity index is 3.26. The molecule has 0 saturated heterocycles. The van der Waals surface area contributed by atoms with Crippen molar-refractivity contribution in [3.63, 3.8) is 0 Å². The molecular formula is C14H30N4O. The van der Waals surface area contributed by atoms with Crippen LogP contribution < -0.4 is 16.1 Å². The normalized spacial score (nSPS) is 10.6. The number of urea groups is 1. The zero-order chi connectivity index (χ0) is 14.2. The Morgan fingerprint density at radius 2 is 1.58 bits per heavy atom. The van der Waals surface area contributed by atoms with Gasteiger partial charge in [-0.2, -0.15) is 5.10 Å². The summed E-state index contributed by atoms with van der Waals surface area (Å²) >= 11 is 0. The van der Waals surface area contributed by atoms with Crippen LogP contribution in [0.2, 0.25) is 0 Å². The van der Waals surface area contributed by atoms with Gasteiger partial charge in [-0.25, -0.2) is 4.79 Å². The van der Waals surface area contributed by atoms with Gasteiger partial charge in [0.1, 0.15) is 6.34 Å². The van der Waals surface area contributed by atoms with Crippen molar-refractivity contribution < 1.29 is 4.79 Å². The van der Waals surface area contributed by atoms with E-state index >= 15 is 0 Å². The van der Waals surface area contributed by atoms with Gasteiger partial charge in [-0.1, -0.05) is 52.4 Å². The lowest BCUT2D eigenvalue weighted by Crippen LogP contribution is -2.35. The Hall–Kier alpha value is -1.26. The molecule has 0 spiro atoms. The third kappa shape index (κ3) is 14.7. The quantitative estimate of drug-likeness (QED) is 0.221. The van der Waals surface area contributed by atoms with E-state index in [4.69, 9.17) is 0 Å². The van der Waals surface area contributed by atoms with Crippen molar-refractivity contribution >= 4 is 12.4 Å². The Morgan fingerprint density at radius 1 is 0.947 bits per heavy atom. The maximum atomic E-state index is 11.3. The van der Waals surface area contributed by atoms with E-state index in [1.807, 2.05) is 0 Å². The lowest BCUT2D eigenvalue weighted by molar-refractivity contribution is 0.245. The van der Waals surface area contributed by atoms with Gasteiger partial charge < -0.3 is 10.7 Å². The van der Waals surface area contributed by atoms with Crippen molar-refractivity contribution in [3.05, 3.63) is 0 Å². The molecule has 0 aliphatic rings. The highest BCUT2D eigenvalue weighted by molar-refractivity contribution is 5.85. The number of amides is 2. The van der Waals surface area contributed by atoms with E-state index in [1.165, 1.54) is 44.9 Å². The summed E-state index contributed by atoms with van der Waals surface area (Å²) in [6.45, 7) is 5.95. The minimum atomic E-state index is -0.187. The van der Waals surface area contributed by atoms with E-state index in [1.54, 1.807) is 0 Å². The monoisotopic (exact) mass is 270 g/mol. The van der Waals surface area contributed by atoms with Gasteiger partial charge in [-0.15, -0.1) is 0 Å². The number of nitrogens with zero attached hydrogens (tertiary/aromatic N) is 1. The number of carbonyl (C=O) groups excluding carboxylic acids is 1. The topological polar surface area (TPSA) is 65.5 Å². The Labute approximate surface area is 117 Å². The molecule has 0 atom stereocenters. The molecule has 2 amide bonds. The van der Waals surface area contributed by atoms with Crippen LogP contribution in [0, 0.1) is 0 Å². The first-order valence-corrected chi connectivity index (χ1v) is 7.60. The summed E-state index contributed by atoms with van der Waals surface area (Å²) < 4.78 is 0. The first-order valence-electron chi connectivity index (χ1n) is 7.60. The van der Waals surface area contributed by atoms with Crippen molar-refractivity contribution in [1.82, 2.24) is 16.1 Å². The number of hydrogen-bond acceptors (Lipinski definition) is 3. The number of hydrazone groups is 1. The van der Waals surface area contributed by atoms with Crippen molar-refractivity contribution in [3.8, 4) is 0 Å². The SMILES string of the molecule is CCCCCCNN=CNC(=O)NCCCCCC. The fourth-order valence-electron chi connectivity index (χ4n) is 1.64. The van der Waals surface area contributed by atoms with Gasteiger partial charge in [0.05, 0.1) is 0 Å². The largest absolute Gasteiger partial charge is 0.338 e. The van der Waals surface area contributed by atoms with Crippen LogP contribution in [0.3, 0.4) is 0 Å². The van der Waals surface area contributed by atoms with Gasteiger partial charge in [0.15, 0.2) is 0 Å². The summed E-state index contributed by atoms with van der Waals surface area (Å²) in [4.78, 5) is 11.3. The fraction of sp³-hybridized carbons (Fsp3) is 0.857. The number of rotatable bonds is 12. The molecule has 0 aromatic carbocycles. The maximum absolute atomic E-state index is 11.3. The number of nitrogens with one attached hydrogen (secondary N) is 3. The summed E-state index contributed by atoms with van der Waals surface area (Å²) in [6.07, 6.45) is 10.9. The first-order chi connectivity index (χ1) is 9.31. The summed E-state index contributed by atoms with van der Waals surface area (Å²) in [7, 11) is 0. The molecule has 0 aliphatic carbocycles. The molecule has 112 valence electrons. The van der Waals surface area contributed by atoms with Crippen LogP contribution >= 0.6 is 0 Å². The summed E-state index contributed by atoms with van der Waals surface area (Å²) in [6, 6.07) is -0.187. The molecule has 0 bridgehead atoms. The predicted molar refractivity (Wildman–Crippen MR) is 81.3 cm³/mol. The van der Waals surface area contributed by atoms with E-state index in [0.717, 1.165) is 25.9 Å². The number of unbranched alkanes of at least 4 members (excludes halogenated alkanes) is 6. The van der Waals surface area contributed by atoms with Crippen LogP contribution in [0.15, 0.2) is 5.10 Å². The van der Waals surface area contributed by atoms with Crippen molar-refractivity contribution in [2.75, 3.05) is 13.1 Å². The second kappa shape index (κ2) is 14.8. The predicted octanol–water partition coefficient (Wildman–Crippen LogP) is 2.98. The number of hydrogen-bond donors (Lipinski definition) is 3. The van der Waals surface area contributed by atoms with Crippen LogP contribution in [-0.2, 0) is 0 Å². The van der Waals surface area contributed by atoms with Crippen molar-refractivity contribution in [2.24, 2.45) is 5.10 Å². The van der Waals surface area contributed by atoms with E-state index in [9.17, 15) is 4.79 Å². The molecule has 0 aromatic rings. The molecule has 0 aliphatic heterocycles. The maximum Gasteiger partial charge on any atom is 0.319 e. The summed E-state index contributed by atoms with van der Waals surface area (Å²) in [5.74, 6) is 0. The van der Waals surface area contributed by atoms with Gasteiger partial charge in [0.2, 0.25) is 0 Å². The van der Waals surface area contributed by atoms with Gasteiger partial charge >= 0.3 is 6.03 Å². The Bertz CT molecular complexity index is 231. The van der Waals surface area contributed by atoms with Crippen LogP contribution in [0.1, 0.15) is 65.2 Å². The molecule has 0 saturated carbocycles. The van der Waals surface area contributed by atoms with E-state index in [-0.39, 0.29) is 6.03 Å². The van der Waals surface area contributed by atoms with Gasteiger partial charge in [0, 0.05) is 13.1 Å². The van der Waals surface area contributed by atoms with Gasteiger partial charge in [-0.3, -0.25) is 5.32 Å². The first kappa shape index (κ1) is 17.7. The molecule has 19 heavy (non-hydrogen) atoms. The zero-order valence-corrected chi connectivity index (χ0v) is 12.5. The second-order valence-electron chi connectivity index (χ2n) is 4.69. The molecule has 0 heterocycles. The van der Waals surface area contributed by atoms with Crippen molar-refractivity contribution in [2.45, 2.75) is 65.2 Å². The molecular weight excluding hydrogens is 240 g/mol. The molecule has 0 aromatic heterocycles. The lowest BCUT2D eigenvalue weighted by Gasteiger charge is -2.04. The molecule has 5 heteroatoms. The zero-order valence-electron chi connectivity index (χ0n) is 12.5. The average molecular weight is 270 g/mol. The van der Waals surface area contributed by atoms with Crippen LogP contribution in [0.4, 0.5) is 4.79 Å². The number of carbonyl (C=O) groups is 1. The second-order valence-corrected chi connectivity index (χ2v) is 4.69. The Kier molecular flexibility index (Phi) is 13.8.